The average molecular weight is 1030 g/mol. The summed E-state index contributed by atoms with van der Waals surface area (Å²) in [5, 5.41) is 18.5. The molecule has 9 rings (SSSR count). The number of amides is 2. The van der Waals surface area contributed by atoms with Crippen molar-refractivity contribution < 1.29 is 33.0 Å². The van der Waals surface area contributed by atoms with Crippen molar-refractivity contribution in [3.63, 3.8) is 0 Å². The van der Waals surface area contributed by atoms with E-state index < -0.39 is 29.6 Å². The fourth-order valence-electron chi connectivity index (χ4n) is 9.57. The minimum atomic E-state index is -0.771. The van der Waals surface area contributed by atoms with Gasteiger partial charge in [-0.2, -0.15) is 9.36 Å². The normalized spacial score (nSPS) is 15.1. The number of carbonyl (C=O) groups is 2. The van der Waals surface area contributed by atoms with Crippen LogP contribution in [-0.2, 0) is 37.6 Å². The van der Waals surface area contributed by atoms with Crippen molar-refractivity contribution in [3.05, 3.63) is 198 Å². The highest BCUT2D eigenvalue weighted by Gasteiger charge is 2.38. The Morgan fingerprint density at radius 3 is 1.76 bits per heavy atom. The fourth-order valence-corrected chi connectivity index (χ4v) is 9.81. The number of aromatic nitrogens is 7. The molecule has 0 spiro atoms. The molecular weight excluding hydrogens is 972 g/mol. The molecule has 74 heavy (non-hydrogen) atoms. The molecule has 7 aromatic rings. The zero-order valence-electron chi connectivity index (χ0n) is 42.2. The Labute approximate surface area is 431 Å². The Bertz CT molecular complexity index is 3470. The van der Waals surface area contributed by atoms with E-state index in [1.807, 2.05) is 65.0 Å². The highest BCUT2D eigenvalue weighted by molar-refractivity contribution is 6.34. The van der Waals surface area contributed by atoms with Crippen LogP contribution in [0.5, 0.6) is 5.88 Å². The van der Waals surface area contributed by atoms with E-state index in [-0.39, 0.29) is 78.2 Å². The predicted molar refractivity (Wildman–Crippen MR) is 278 cm³/mol. The maximum Gasteiger partial charge on any atom is 0.350 e. The standard InChI is InChI=1S/C30H28ClFN4O3.C25H28FN5O4/c1-4-34-28(18-39-17-20-10-6-5-7-11-20)33-36(30(34)38)27-15-21-22(14-25(27)32)29(37)35(16-23(21)19(2)3)26-13-9-8-12-24(26)31;1-7-29-21(12-32)28-31(25(29)34)20-9-16-17(8-19(20)26)24(33)30(11-18(16)13(2)3)22-14(4)10-27-23(35-6)15(22)5/h5-15,23H,2,4,16-18H2,1,3H3;8-10,18,32H,2,7,11-12H2,1,3-6H3/t;18-/m.0/s1. The number of rotatable bonds is 14. The first kappa shape index (κ1) is 52.5. The smallest absolute Gasteiger partial charge is 0.350 e. The number of para-hydroxylation sites is 1. The van der Waals surface area contributed by atoms with Crippen molar-refractivity contribution in [3.8, 4) is 17.3 Å². The summed E-state index contributed by atoms with van der Waals surface area (Å²) in [6.45, 7) is 20.3. The van der Waals surface area contributed by atoms with Crippen LogP contribution in [0.1, 0.15) is 99.7 Å². The number of benzene rings is 4. The molecule has 2 aliphatic rings. The Morgan fingerprint density at radius 1 is 0.730 bits per heavy atom. The van der Waals surface area contributed by atoms with Crippen LogP contribution in [0.25, 0.3) is 11.4 Å². The number of halogens is 3. The maximum atomic E-state index is 15.6. The molecule has 1 N–H and O–H groups in total. The molecule has 0 aliphatic carbocycles. The molecule has 16 nitrogen and oxygen atoms in total. The third-order valence-electron chi connectivity index (χ3n) is 13.3. The second kappa shape index (κ2) is 21.7. The quantitative estimate of drug-likeness (QED) is 0.104. The lowest BCUT2D eigenvalue weighted by atomic mass is 9.84. The Hall–Kier alpha value is -7.80. The van der Waals surface area contributed by atoms with E-state index in [0.29, 0.717) is 57.9 Å². The number of aryl methyl sites for hydroxylation is 1. The highest BCUT2D eigenvalue weighted by Crippen LogP contribution is 2.41. The lowest BCUT2D eigenvalue weighted by Gasteiger charge is -2.36. The lowest BCUT2D eigenvalue weighted by Crippen LogP contribution is -2.41. The van der Waals surface area contributed by atoms with E-state index in [9.17, 15) is 24.3 Å². The number of hydrogen-bond donors (Lipinski definition) is 1. The summed E-state index contributed by atoms with van der Waals surface area (Å²) in [6, 6.07) is 22.0. The van der Waals surface area contributed by atoms with Gasteiger partial charge in [0.05, 0.1) is 30.1 Å². The van der Waals surface area contributed by atoms with Crippen molar-refractivity contribution >= 4 is 34.8 Å². The number of ether oxygens (including phenoxy) is 2. The summed E-state index contributed by atoms with van der Waals surface area (Å²) in [5.41, 5.74) is 5.63. The molecule has 0 bridgehead atoms. The molecule has 2 atom stereocenters. The number of anilines is 2. The highest BCUT2D eigenvalue weighted by atomic mass is 35.5. The van der Waals surface area contributed by atoms with Gasteiger partial charge in [0.15, 0.2) is 11.6 Å². The van der Waals surface area contributed by atoms with Gasteiger partial charge in [-0.3, -0.25) is 18.7 Å². The van der Waals surface area contributed by atoms with Gasteiger partial charge in [0.25, 0.3) is 11.8 Å². The molecule has 0 radical (unpaired) electrons. The second-order valence-electron chi connectivity index (χ2n) is 18.1. The number of aliphatic hydroxyl groups is 1. The molecule has 384 valence electrons. The summed E-state index contributed by atoms with van der Waals surface area (Å²) < 4.78 is 46.9. The van der Waals surface area contributed by atoms with Gasteiger partial charge in [0.2, 0.25) is 5.88 Å². The molecule has 2 amide bonds. The van der Waals surface area contributed by atoms with Crippen LogP contribution in [0.15, 0.2) is 119 Å². The number of fused-ring (bicyclic) bond motifs is 2. The first-order valence-corrected chi connectivity index (χ1v) is 24.3. The van der Waals surface area contributed by atoms with Crippen molar-refractivity contribution in [2.45, 2.75) is 86.3 Å². The molecule has 1 unspecified atom stereocenters. The summed E-state index contributed by atoms with van der Waals surface area (Å²) >= 11 is 6.38. The SMILES string of the molecule is C=C(C)C1CN(c2ccccc2Cl)C(=O)c2cc(F)c(-n3nc(COCc4ccccc4)n(CC)c3=O)cc21.C=C(C)[C@@H]1CN(c2c(C)cnc(OC)c2C)C(=O)c2cc(F)c(-n3nc(CO)n(CC)c3=O)cc21. The van der Waals surface area contributed by atoms with E-state index in [1.165, 1.54) is 34.4 Å². The van der Waals surface area contributed by atoms with Crippen LogP contribution < -0.4 is 25.9 Å². The average Bonchev–Trinajstić information content (AvgIpc) is 3.89. The third-order valence-corrected chi connectivity index (χ3v) is 13.7. The molecule has 2 aliphatic heterocycles. The summed E-state index contributed by atoms with van der Waals surface area (Å²) in [7, 11) is 1.51. The van der Waals surface area contributed by atoms with Gasteiger partial charge < -0.3 is 24.4 Å². The predicted octanol–water partition coefficient (Wildman–Crippen LogP) is 8.91. The third kappa shape index (κ3) is 9.75. The number of pyridine rings is 1. The number of hydrogen-bond acceptors (Lipinski definition) is 10. The maximum absolute atomic E-state index is 15.6. The van der Waals surface area contributed by atoms with Gasteiger partial charge >= 0.3 is 11.4 Å². The number of aliphatic hydroxyl groups excluding tert-OH is 1. The van der Waals surface area contributed by atoms with Gasteiger partial charge in [0, 0.05) is 60.9 Å². The van der Waals surface area contributed by atoms with Gasteiger partial charge in [-0.05, 0) is 100 Å². The van der Waals surface area contributed by atoms with E-state index in [4.69, 9.17) is 21.1 Å². The van der Waals surface area contributed by atoms with Crippen LogP contribution in [0, 0.1) is 25.5 Å². The Kier molecular flexibility index (Phi) is 15.4. The number of carbonyl (C=O) groups excluding carboxylic acids is 2. The zero-order chi connectivity index (χ0) is 53.3. The number of methoxy groups -OCH3 is 1. The monoisotopic (exact) mass is 1030 g/mol. The molecule has 0 saturated carbocycles. The molecule has 4 aromatic carbocycles. The zero-order valence-corrected chi connectivity index (χ0v) is 42.9. The van der Waals surface area contributed by atoms with Crippen molar-refractivity contribution in [1.82, 2.24) is 33.7 Å². The minimum absolute atomic E-state index is 0.0273. The first-order valence-electron chi connectivity index (χ1n) is 23.9. The fraction of sp³-hybridized carbons (Fsp3) is 0.291. The van der Waals surface area contributed by atoms with Gasteiger partial charge in [-0.15, -0.1) is 10.2 Å². The Morgan fingerprint density at radius 2 is 1.24 bits per heavy atom. The van der Waals surface area contributed by atoms with Gasteiger partial charge in [-0.1, -0.05) is 78.4 Å². The van der Waals surface area contributed by atoms with Crippen LogP contribution in [-0.4, -0.2) is 70.8 Å². The van der Waals surface area contributed by atoms with Crippen LogP contribution in [0.3, 0.4) is 0 Å². The van der Waals surface area contributed by atoms with E-state index in [2.05, 4.69) is 28.3 Å². The lowest BCUT2D eigenvalue weighted by molar-refractivity contribution is 0.0969. The minimum Gasteiger partial charge on any atom is -0.481 e. The largest absolute Gasteiger partial charge is 0.481 e. The van der Waals surface area contributed by atoms with Gasteiger partial charge in [0.1, 0.15) is 36.2 Å². The molecular formula is C55H56ClF2N9O7. The summed E-state index contributed by atoms with van der Waals surface area (Å²) in [5.74, 6) is -1.95. The van der Waals surface area contributed by atoms with Gasteiger partial charge in [-0.25, -0.2) is 23.4 Å². The summed E-state index contributed by atoms with van der Waals surface area (Å²) in [4.78, 5) is 60.7. The van der Waals surface area contributed by atoms with Crippen LogP contribution in [0.2, 0.25) is 5.02 Å². The second-order valence-corrected chi connectivity index (χ2v) is 18.5. The van der Waals surface area contributed by atoms with E-state index >= 15 is 8.78 Å². The Balaban J connectivity index is 0.000000198. The molecule has 0 saturated heterocycles. The van der Waals surface area contributed by atoms with Crippen LogP contribution in [0.4, 0.5) is 20.2 Å². The molecule has 19 heteroatoms. The molecule has 5 heterocycles. The van der Waals surface area contributed by atoms with E-state index in [1.54, 1.807) is 47.2 Å². The van der Waals surface area contributed by atoms with Crippen molar-refractivity contribution in [1.29, 1.82) is 0 Å². The summed E-state index contributed by atoms with van der Waals surface area (Å²) in [6.07, 6.45) is 1.64. The molecule has 3 aromatic heterocycles. The van der Waals surface area contributed by atoms with Crippen LogP contribution >= 0.6 is 11.6 Å². The molecule has 0 fully saturated rings. The van der Waals surface area contributed by atoms with Crippen molar-refractivity contribution in [2.24, 2.45) is 0 Å². The van der Waals surface area contributed by atoms with Crippen molar-refractivity contribution in [2.75, 3.05) is 30.0 Å². The first-order chi connectivity index (χ1) is 35.4. The van der Waals surface area contributed by atoms with E-state index in [0.717, 1.165) is 37.7 Å². The number of nitrogens with zero attached hydrogens (tertiary/aromatic N) is 9. The topological polar surface area (TPSA) is 172 Å².